The maximum absolute atomic E-state index is 12.5. The summed E-state index contributed by atoms with van der Waals surface area (Å²) in [6.45, 7) is 2.74. The molecular formula is C26H18ClNO2. The van der Waals surface area contributed by atoms with E-state index in [0.29, 0.717) is 12.1 Å². The topological polar surface area (TPSA) is 39.1 Å². The van der Waals surface area contributed by atoms with Crippen LogP contribution in [0.3, 0.4) is 0 Å². The number of hydrogen-bond acceptors (Lipinski definition) is 2. The monoisotopic (exact) mass is 411 g/mol. The van der Waals surface area contributed by atoms with Gasteiger partial charge in [0.25, 0.3) is 0 Å². The molecule has 0 aliphatic heterocycles. The number of fused-ring (bicyclic) bond motifs is 1. The number of hydrogen-bond donors (Lipinski definition) is 0. The molecule has 0 saturated heterocycles. The highest BCUT2D eigenvalue weighted by atomic mass is 35.5. The second kappa shape index (κ2) is 7.12. The summed E-state index contributed by atoms with van der Waals surface area (Å²) in [5, 5.41) is 0.940. The lowest BCUT2D eigenvalue weighted by atomic mass is 9.95. The minimum atomic E-state index is -0.610. The van der Waals surface area contributed by atoms with Gasteiger partial charge in [0.05, 0.1) is 11.3 Å². The minimum absolute atomic E-state index is 0.0241. The molecule has 4 heteroatoms. The van der Waals surface area contributed by atoms with Crippen molar-refractivity contribution in [2.45, 2.75) is 13.5 Å². The Morgan fingerprint density at radius 3 is 2.17 bits per heavy atom. The third-order valence-electron chi connectivity index (χ3n) is 5.71. The van der Waals surface area contributed by atoms with E-state index in [1.807, 2.05) is 66.7 Å². The van der Waals surface area contributed by atoms with Gasteiger partial charge in [0, 0.05) is 23.0 Å². The van der Waals surface area contributed by atoms with E-state index in [1.54, 1.807) is 0 Å². The van der Waals surface area contributed by atoms with E-state index < -0.39 is 10.9 Å². The Bertz CT molecular complexity index is 1470. The van der Waals surface area contributed by atoms with Crippen molar-refractivity contribution in [2.24, 2.45) is 0 Å². The number of nitrogens with zero attached hydrogens (tertiary/aromatic N) is 1. The molecule has 0 N–H and O–H groups in total. The third kappa shape index (κ3) is 2.74. The van der Waals surface area contributed by atoms with E-state index in [0.717, 1.165) is 27.7 Å². The van der Waals surface area contributed by atoms with Crippen molar-refractivity contribution >= 4 is 22.5 Å². The van der Waals surface area contributed by atoms with Gasteiger partial charge in [0.1, 0.15) is 5.02 Å². The lowest BCUT2D eigenvalue weighted by molar-refractivity contribution is 0.839. The SMILES string of the molecule is Cc1ccccc1Cn1c(-c2ccccc2)c(-c2c(Cl)c(=O)c2=O)c2ccccc21. The van der Waals surface area contributed by atoms with Crippen LogP contribution >= 0.6 is 11.6 Å². The largest absolute Gasteiger partial charge is 0.335 e. The molecule has 5 rings (SSSR count). The fraction of sp³-hybridized carbons (Fsp3) is 0.0769. The van der Waals surface area contributed by atoms with Crippen LogP contribution in [0.25, 0.3) is 33.3 Å². The Kier molecular flexibility index (Phi) is 4.41. The second-order valence-electron chi connectivity index (χ2n) is 7.47. The highest BCUT2D eigenvalue weighted by molar-refractivity contribution is 6.35. The van der Waals surface area contributed by atoms with E-state index in [4.69, 9.17) is 11.6 Å². The molecule has 0 unspecified atom stereocenters. The fourth-order valence-corrected chi connectivity index (χ4v) is 4.43. The number of halogens is 1. The Labute approximate surface area is 178 Å². The number of benzene rings is 3. The maximum Gasteiger partial charge on any atom is 0.245 e. The fourth-order valence-electron chi connectivity index (χ4n) is 4.16. The van der Waals surface area contributed by atoms with Crippen molar-refractivity contribution in [3.63, 3.8) is 0 Å². The van der Waals surface area contributed by atoms with Crippen LogP contribution in [0.5, 0.6) is 0 Å². The molecule has 30 heavy (non-hydrogen) atoms. The van der Waals surface area contributed by atoms with Gasteiger partial charge in [-0.25, -0.2) is 0 Å². The Morgan fingerprint density at radius 2 is 1.43 bits per heavy atom. The van der Waals surface area contributed by atoms with E-state index in [-0.39, 0.29) is 5.02 Å². The van der Waals surface area contributed by atoms with Gasteiger partial charge in [-0.1, -0.05) is 84.4 Å². The first kappa shape index (κ1) is 18.6. The summed E-state index contributed by atoms with van der Waals surface area (Å²) in [6.07, 6.45) is 0. The van der Waals surface area contributed by atoms with Crippen LogP contribution in [-0.4, -0.2) is 4.57 Å². The summed E-state index contributed by atoms with van der Waals surface area (Å²) in [6, 6.07) is 26.2. The Morgan fingerprint density at radius 1 is 0.767 bits per heavy atom. The smallest absolute Gasteiger partial charge is 0.245 e. The normalized spacial score (nSPS) is 11.4. The molecule has 0 bridgehead atoms. The lowest BCUT2D eigenvalue weighted by Crippen LogP contribution is -2.33. The maximum atomic E-state index is 12.5. The zero-order valence-electron chi connectivity index (χ0n) is 16.4. The van der Waals surface area contributed by atoms with Crippen molar-refractivity contribution in [2.75, 3.05) is 0 Å². The molecule has 1 heterocycles. The van der Waals surface area contributed by atoms with Crippen LogP contribution in [0.1, 0.15) is 11.1 Å². The molecule has 146 valence electrons. The minimum Gasteiger partial charge on any atom is -0.335 e. The third-order valence-corrected chi connectivity index (χ3v) is 6.07. The number of para-hydroxylation sites is 1. The number of aromatic nitrogens is 1. The molecule has 0 aliphatic rings. The molecule has 0 fully saturated rings. The van der Waals surface area contributed by atoms with Crippen LogP contribution in [0, 0.1) is 6.92 Å². The molecule has 0 atom stereocenters. The summed E-state index contributed by atoms with van der Waals surface area (Å²) < 4.78 is 2.22. The van der Waals surface area contributed by atoms with Crippen LogP contribution in [-0.2, 0) is 6.54 Å². The van der Waals surface area contributed by atoms with Crippen molar-refractivity contribution in [1.82, 2.24) is 4.57 Å². The predicted octanol–water partition coefficient (Wildman–Crippen LogP) is 5.58. The second-order valence-corrected chi connectivity index (χ2v) is 7.84. The molecule has 1 aromatic heterocycles. The molecule has 5 aromatic rings. The number of rotatable bonds is 4. The highest BCUT2D eigenvalue weighted by Gasteiger charge is 2.28. The van der Waals surface area contributed by atoms with Gasteiger partial charge in [-0.05, 0) is 29.7 Å². The zero-order valence-corrected chi connectivity index (χ0v) is 17.1. The van der Waals surface area contributed by atoms with Crippen LogP contribution in [0.15, 0.2) is 88.5 Å². The van der Waals surface area contributed by atoms with Crippen molar-refractivity contribution in [1.29, 1.82) is 0 Å². The van der Waals surface area contributed by atoms with E-state index in [9.17, 15) is 9.59 Å². The first-order chi connectivity index (χ1) is 14.6. The Balaban J connectivity index is 1.89. The van der Waals surface area contributed by atoms with E-state index in [2.05, 4.69) is 23.6 Å². The van der Waals surface area contributed by atoms with Gasteiger partial charge >= 0.3 is 0 Å². The quantitative estimate of drug-likeness (QED) is 0.362. The average molecular weight is 412 g/mol. The average Bonchev–Trinajstić information content (AvgIpc) is 3.09. The predicted molar refractivity (Wildman–Crippen MR) is 123 cm³/mol. The summed E-state index contributed by atoms with van der Waals surface area (Å²) in [5.41, 5.74) is 5.19. The van der Waals surface area contributed by atoms with Crippen LogP contribution in [0.2, 0.25) is 5.02 Å². The van der Waals surface area contributed by atoms with Gasteiger partial charge in [0.15, 0.2) is 0 Å². The summed E-state index contributed by atoms with van der Waals surface area (Å²) in [4.78, 5) is 24.4. The molecule has 3 nitrogen and oxygen atoms in total. The van der Waals surface area contributed by atoms with Crippen molar-refractivity contribution in [3.05, 3.63) is 115 Å². The van der Waals surface area contributed by atoms with Crippen LogP contribution in [0.4, 0.5) is 0 Å². The van der Waals surface area contributed by atoms with Gasteiger partial charge in [-0.3, -0.25) is 9.59 Å². The first-order valence-electron chi connectivity index (χ1n) is 9.78. The summed E-state index contributed by atoms with van der Waals surface area (Å²) in [7, 11) is 0. The molecule has 0 spiro atoms. The molecule has 0 saturated carbocycles. The van der Waals surface area contributed by atoms with Gasteiger partial charge < -0.3 is 4.57 Å². The Hall–Kier alpha value is -3.43. The van der Waals surface area contributed by atoms with E-state index in [1.165, 1.54) is 11.1 Å². The highest BCUT2D eigenvalue weighted by Crippen LogP contribution is 2.42. The molecule has 0 radical (unpaired) electrons. The first-order valence-corrected chi connectivity index (χ1v) is 10.2. The van der Waals surface area contributed by atoms with Gasteiger partial charge in [-0.15, -0.1) is 0 Å². The van der Waals surface area contributed by atoms with Gasteiger partial charge in [-0.2, -0.15) is 0 Å². The van der Waals surface area contributed by atoms with Crippen molar-refractivity contribution < 1.29 is 0 Å². The number of aryl methyl sites for hydroxylation is 1. The van der Waals surface area contributed by atoms with Crippen LogP contribution < -0.4 is 10.9 Å². The summed E-state index contributed by atoms with van der Waals surface area (Å²) >= 11 is 6.25. The van der Waals surface area contributed by atoms with E-state index >= 15 is 0 Å². The summed E-state index contributed by atoms with van der Waals surface area (Å²) in [5.74, 6) is 0. The van der Waals surface area contributed by atoms with Gasteiger partial charge in [0.2, 0.25) is 10.9 Å². The molecule has 4 aromatic carbocycles. The van der Waals surface area contributed by atoms with Crippen molar-refractivity contribution in [3.8, 4) is 22.4 Å². The standard InChI is InChI=1S/C26H18ClNO2/c1-16-9-5-6-12-18(16)15-28-20-14-8-7-13-19(20)21(22-23(27)26(30)25(22)29)24(28)17-10-3-2-4-11-17/h2-14H,15H2,1H3. The molecule has 0 aliphatic carbocycles. The molecule has 0 amide bonds. The lowest BCUT2D eigenvalue weighted by Gasteiger charge is -2.15. The zero-order chi connectivity index (χ0) is 20.8. The molecular weight excluding hydrogens is 394 g/mol.